The van der Waals surface area contributed by atoms with Crippen LogP contribution in [-0.4, -0.2) is 36.6 Å². The second-order valence-electron chi connectivity index (χ2n) is 15.0. The molecule has 0 unspecified atom stereocenters. The van der Waals surface area contributed by atoms with Crippen LogP contribution in [0.1, 0.15) is 47.2 Å². The van der Waals surface area contributed by atoms with Crippen LogP contribution in [0.15, 0.2) is 158 Å². The molecular weight excluding hydrogens is 701 g/mol. The van der Waals surface area contributed by atoms with Crippen molar-refractivity contribution in [1.82, 2.24) is 0 Å². The van der Waals surface area contributed by atoms with Crippen LogP contribution < -0.4 is 9.47 Å². The predicted octanol–water partition coefficient (Wildman–Crippen LogP) is 11.6. The van der Waals surface area contributed by atoms with Crippen LogP contribution in [0.2, 0.25) is 0 Å². The number of aryl methyl sites for hydroxylation is 2. The standard InChI is InChI=1S/C53H46O4/c1-3-35-7-5-9-37(27-35)43-15-21-49-50-22-16-44(38-10-6-8-36(4-2)28-38)34-52(50)53(51(49)33-43,45-17-11-41-31-47(56-25-23-54)19-13-39(41)29-45)46-18-12-42-32-48(57-26-24-55)20-14-40(42)30-46/h5-22,27-34,54-55H,3-4,23-26H2,1-2H3. The summed E-state index contributed by atoms with van der Waals surface area (Å²) in [6, 6.07) is 58.0. The van der Waals surface area contributed by atoms with Crippen LogP contribution in [0.3, 0.4) is 0 Å². The molecule has 4 nitrogen and oxygen atoms in total. The van der Waals surface area contributed by atoms with E-state index in [4.69, 9.17) is 9.47 Å². The van der Waals surface area contributed by atoms with E-state index in [-0.39, 0.29) is 26.4 Å². The second kappa shape index (κ2) is 15.4. The first kappa shape index (κ1) is 36.4. The summed E-state index contributed by atoms with van der Waals surface area (Å²) in [5, 5.41) is 23.2. The summed E-state index contributed by atoms with van der Waals surface area (Å²) in [6.45, 7) is 4.86. The Morgan fingerprint density at radius 3 is 1.28 bits per heavy atom. The van der Waals surface area contributed by atoms with Crippen LogP contribution in [0.5, 0.6) is 11.5 Å². The SMILES string of the molecule is CCc1cccc(-c2ccc3c(c2)C(c2ccc4cc(OCCO)ccc4c2)(c2ccc4cc(OCCO)ccc4c2)c2cc(-c4cccc(CC)c4)ccc2-3)c1. The molecule has 8 aromatic carbocycles. The number of aliphatic hydroxyl groups is 2. The van der Waals surface area contributed by atoms with E-state index in [1.807, 2.05) is 12.1 Å². The van der Waals surface area contributed by atoms with E-state index in [2.05, 4.69) is 159 Å². The fourth-order valence-electron chi connectivity index (χ4n) is 8.83. The molecule has 0 atom stereocenters. The van der Waals surface area contributed by atoms with Gasteiger partial charge in [-0.15, -0.1) is 0 Å². The first-order valence-electron chi connectivity index (χ1n) is 20.1. The average Bonchev–Trinajstić information content (AvgIpc) is 3.56. The highest BCUT2D eigenvalue weighted by molar-refractivity contribution is 5.94. The molecule has 1 aliphatic rings. The van der Waals surface area contributed by atoms with Crippen molar-refractivity contribution in [2.45, 2.75) is 32.1 Å². The zero-order valence-corrected chi connectivity index (χ0v) is 32.5. The van der Waals surface area contributed by atoms with Gasteiger partial charge in [-0.05, 0) is 150 Å². The van der Waals surface area contributed by atoms with Crippen LogP contribution >= 0.6 is 0 Å². The van der Waals surface area contributed by atoms with Crippen LogP contribution in [0.4, 0.5) is 0 Å². The lowest BCUT2D eigenvalue weighted by molar-refractivity contribution is 0.201. The molecule has 0 heterocycles. The molecule has 0 spiro atoms. The van der Waals surface area contributed by atoms with Gasteiger partial charge in [-0.25, -0.2) is 0 Å². The molecule has 9 rings (SSSR count). The molecule has 0 saturated heterocycles. The highest BCUT2D eigenvalue weighted by Gasteiger charge is 2.47. The van der Waals surface area contributed by atoms with Crippen LogP contribution in [0.25, 0.3) is 54.9 Å². The zero-order valence-electron chi connectivity index (χ0n) is 32.5. The van der Waals surface area contributed by atoms with Crippen molar-refractivity contribution in [2.24, 2.45) is 0 Å². The van der Waals surface area contributed by atoms with Gasteiger partial charge in [0, 0.05) is 0 Å². The fraction of sp³-hybridized carbons (Fsp3) is 0.170. The molecule has 0 fully saturated rings. The van der Waals surface area contributed by atoms with Gasteiger partial charge in [0.15, 0.2) is 0 Å². The van der Waals surface area contributed by atoms with Gasteiger partial charge in [-0.2, -0.15) is 0 Å². The van der Waals surface area contributed by atoms with Crippen molar-refractivity contribution in [3.63, 3.8) is 0 Å². The fourth-order valence-corrected chi connectivity index (χ4v) is 8.83. The monoisotopic (exact) mass is 746 g/mol. The number of ether oxygens (including phenoxy) is 2. The van der Waals surface area contributed by atoms with Gasteiger partial charge >= 0.3 is 0 Å². The van der Waals surface area contributed by atoms with Gasteiger partial charge in [0.1, 0.15) is 24.7 Å². The second-order valence-corrected chi connectivity index (χ2v) is 15.0. The normalized spacial score (nSPS) is 12.8. The van der Waals surface area contributed by atoms with Gasteiger partial charge in [0.2, 0.25) is 0 Å². The van der Waals surface area contributed by atoms with Crippen molar-refractivity contribution >= 4 is 21.5 Å². The van der Waals surface area contributed by atoms with Crippen LogP contribution in [0, 0.1) is 0 Å². The molecule has 1 aliphatic carbocycles. The molecule has 2 N–H and O–H groups in total. The molecule has 8 aromatic rings. The molecular formula is C53H46O4. The Labute approximate surface area is 334 Å². The Morgan fingerprint density at radius 2 is 0.842 bits per heavy atom. The number of fused-ring (bicyclic) bond motifs is 5. The van der Waals surface area contributed by atoms with E-state index in [0.717, 1.165) is 45.9 Å². The molecule has 282 valence electrons. The maximum atomic E-state index is 9.41. The minimum absolute atomic E-state index is 0.0312. The zero-order chi connectivity index (χ0) is 38.9. The van der Waals surface area contributed by atoms with E-state index >= 15 is 0 Å². The van der Waals surface area contributed by atoms with Crippen molar-refractivity contribution in [2.75, 3.05) is 26.4 Å². The van der Waals surface area contributed by atoms with Crippen molar-refractivity contribution < 1.29 is 19.7 Å². The summed E-state index contributed by atoms with van der Waals surface area (Å²) in [5.74, 6) is 1.48. The van der Waals surface area contributed by atoms with Gasteiger partial charge < -0.3 is 19.7 Å². The van der Waals surface area contributed by atoms with Crippen molar-refractivity contribution in [1.29, 1.82) is 0 Å². The lowest BCUT2D eigenvalue weighted by atomic mass is 9.66. The summed E-state index contributed by atoms with van der Waals surface area (Å²) in [4.78, 5) is 0. The Bertz CT molecular complexity index is 2570. The molecule has 0 saturated carbocycles. The smallest absolute Gasteiger partial charge is 0.120 e. The minimum atomic E-state index is -0.679. The van der Waals surface area contributed by atoms with Crippen molar-refractivity contribution in [3.8, 4) is 44.9 Å². The Hall–Kier alpha value is -6.20. The first-order valence-corrected chi connectivity index (χ1v) is 20.1. The van der Waals surface area contributed by atoms with Gasteiger partial charge in [-0.3, -0.25) is 0 Å². The number of rotatable bonds is 12. The molecule has 0 bridgehead atoms. The number of aliphatic hydroxyl groups excluding tert-OH is 2. The summed E-state index contributed by atoms with van der Waals surface area (Å²) < 4.78 is 11.6. The summed E-state index contributed by atoms with van der Waals surface area (Å²) >= 11 is 0. The summed E-state index contributed by atoms with van der Waals surface area (Å²) in [5.41, 5.74) is 14.1. The molecule has 57 heavy (non-hydrogen) atoms. The maximum absolute atomic E-state index is 9.41. The predicted molar refractivity (Wildman–Crippen MR) is 234 cm³/mol. The summed E-state index contributed by atoms with van der Waals surface area (Å²) in [7, 11) is 0. The topological polar surface area (TPSA) is 58.9 Å². The third-order valence-electron chi connectivity index (χ3n) is 11.7. The molecule has 4 heteroatoms. The molecule has 0 aromatic heterocycles. The van der Waals surface area contributed by atoms with E-state index in [1.165, 1.54) is 66.8 Å². The Morgan fingerprint density at radius 1 is 0.421 bits per heavy atom. The highest BCUT2D eigenvalue weighted by Crippen LogP contribution is 2.58. The maximum Gasteiger partial charge on any atom is 0.120 e. The largest absolute Gasteiger partial charge is 0.491 e. The first-order chi connectivity index (χ1) is 28.0. The quantitative estimate of drug-likeness (QED) is 0.131. The summed E-state index contributed by atoms with van der Waals surface area (Å²) in [6.07, 6.45) is 1.95. The molecule has 0 amide bonds. The Balaban J connectivity index is 1.35. The third kappa shape index (κ3) is 6.55. The molecule has 0 aliphatic heterocycles. The Kier molecular flexibility index (Phi) is 9.83. The number of hydrogen-bond donors (Lipinski definition) is 2. The van der Waals surface area contributed by atoms with E-state index in [1.54, 1.807) is 0 Å². The van der Waals surface area contributed by atoms with Crippen molar-refractivity contribution in [3.05, 3.63) is 191 Å². The van der Waals surface area contributed by atoms with Crippen LogP contribution in [-0.2, 0) is 18.3 Å². The number of benzene rings is 8. The van der Waals surface area contributed by atoms with Gasteiger partial charge in [-0.1, -0.05) is 123 Å². The lowest BCUT2D eigenvalue weighted by Gasteiger charge is -2.35. The minimum Gasteiger partial charge on any atom is -0.491 e. The molecule has 0 radical (unpaired) electrons. The number of hydrogen-bond acceptors (Lipinski definition) is 4. The van der Waals surface area contributed by atoms with E-state index in [9.17, 15) is 10.2 Å². The average molecular weight is 747 g/mol. The third-order valence-corrected chi connectivity index (χ3v) is 11.7. The van der Waals surface area contributed by atoms with E-state index in [0.29, 0.717) is 0 Å². The van der Waals surface area contributed by atoms with Gasteiger partial charge in [0.05, 0.1) is 18.6 Å². The lowest BCUT2D eigenvalue weighted by Crippen LogP contribution is -2.28. The van der Waals surface area contributed by atoms with E-state index < -0.39 is 5.41 Å². The highest BCUT2D eigenvalue weighted by atomic mass is 16.5. The van der Waals surface area contributed by atoms with Gasteiger partial charge in [0.25, 0.3) is 0 Å².